The van der Waals surface area contributed by atoms with E-state index in [-0.39, 0.29) is 11.3 Å². The summed E-state index contributed by atoms with van der Waals surface area (Å²) >= 11 is 0. The number of carbonyl (C=O) groups excluding carboxylic acids is 1. The Morgan fingerprint density at radius 2 is 1.57 bits per heavy atom. The first kappa shape index (κ1) is 26.3. The molecule has 35 heavy (non-hydrogen) atoms. The second-order valence-electron chi connectivity index (χ2n) is 8.75. The summed E-state index contributed by atoms with van der Waals surface area (Å²) in [7, 11) is 0. The van der Waals surface area contributed by atoms with Gasteiger partial charge < -0.3 is 18.8 Å². The van der Waals surface area contributed by atoms with Crippen LogP contribution in [-0.2, 0) is 17.9 Å². The number of hydrogen-bond acceptors (Lipinski definition) is 5. The van der Waals surface area contributed by atoms with Gasteiger partial charge in [0.2, 0.25) is 5.75 Å². The Hall–Kier alpha value is -3.28. The first-order chi connectivity index (χ1) is 17.2. The minimum Gasteiger partial charge on any atom is -0.489 e. The van der Waals surface area contributed by atoms with Crippen molar-refractivity contribution < 1.29 is 19.0 Å². The minimum absolute atomic E-state index is 0.0450. The van der Waals surface area contributed by atoms with Gasteiger partial charge in [-0.3, -0.25) is 9.59 Å². The number of pyridine rings is 1. The maximum absolute atomic E-state index is 13.4. The van der Waals surface area contributed by atoms with E-state index in [1.54, 1.807) is 4.57 Å². The molecule has 0 fully saturated rings. The third-order valence-corrected chi connectivity index (χ3v) is 6.04. The van der Waals surface area contributed by atoms with Crippen molar-refractivity contribution in [2.45, 2.75) is 78.4 Å². The number of ether oxygens (including phenoxy) is 3. The van der Waals surface area contributed by atoms with Crippen LogP contribution in [0.1, 0.15) is 70.8 Å². The van der Waals surface area contributed by atoms with Gasteiger partial charge in [-0.25, -0.2) is 0 Å². The summed E-state index contributed by atoms with van der Waals surface area (Å²) in [6.45, 7) is 6.02. The maximum Gasteiger partial charge on any atom is 0.298 e. The Kier molecular flexibility index (Phi) is 10.7. The Balaban J connectivity index is 1.98. The van der Waals surface area contributed by atoms with Gasteiger partial charge in [0, 0.05) is 18.0 Å². The summed E-state index contributed by atoms with van der Waals surface area (Å²) in [5, 5.41) is 0.736. The van der Waals surface area contributed by atoms with E-state index in [9.17, 15) is 9.59 Å². The summed E-state index contributed by atoms with van der Waals surface area (Å²) in [6.07, 6.45) is 8.26. The number of benzene rings is 2. The number of aromatic nitrogens is 1. The molecule has 0 atom stereocenters. The first-order valence-corrected chi connectivity index (χ1v) is 12.8. The maximum atomic E-state index is 13.4. The Labute approximate surface area is 207 Å². The van der Waals surface area contributed by atoms with Gasteiger partial charge in [-0.1, -0.05) is 82.7 Å². The lowest BCUT2D eigenvalue weighted by Gasteiger charge is -2.18. The number of carbonyl (C=O) groups is 1. The van der Waals surface area contributed by atoms with E-state index in [1.807, 2.05) is 48.5 Å². The van der Waals surface area contributed by atoms with Crippen LogP contribution in [0.15, 0.2) is 53.3 Å². The van der Waals surface area contributed by atoms with E-state index in [0.717, 1.165) is 67.8 Å². The van der Waals surface area contributed by atoms with Crippen LogP contribution in [0.4, 0.5) is 0 Å². The number of unbranched alkanes of at least 4 members (excludes halogenated alkanes) is 6. The zero-order chi connectivity index (χ0) is 24.9. The van der Waals surface area contributed by atoms with Gasteiger partial charge >= 0.3 is 0 Å². The SMILES string of the molecule is CCCCCCOc1c(OC=O)c(=O)n(CCCCCC)c2cc(OCc3ccccc3)ccc12. The van der Waals surface area contributed by atoms with Crippen molar-refractivity contribution >= 4 is 17.4 Å². The van der Waals surface area contributed by atoms with Crippen molar-refractivity contribution in [3.05, 3.63) is 64.4 Å². The molecule has 1 heterocycles. The van der Waals surface area contributed by atoms with E-state index < -0.39 is 0 Å². The Bertz CT molecular complexity index is 1120. The quantitative estimate of drug-likeness (QED) is 0.170. The summed E-state index contributed by atoms with van der Waals surface area (Å²) in [4.78, 5) is 24.7. The van der Waals surface area contributed by atoms with Gasteiger partial charge in [0.05, 0.1) is 12.1 Å². The van der Waals surface area contributed by atoms with Gasteiger partial charge in [0.1, 0.15) is 12.4 Å². The predicted octanol–water partition coefficient (Wildman–Crippen LogP) is 6.66. The lowest BCUT2D eigenvalue weighted by atomic mass is 10.1. The van der Waals surface area contributed by atoms with Crippen molar-refractivity contribution in [1.29, 1.82) is 0 Å². The molecule has 6 heteroatoms. The fourth-order valence-corrected chi connectivity index (χ4v) is 4.13. The summed E-state index contributed by atoms with van der Waals surface area (Å²) in [5.41, 5.74) is 1.43. The Morgan fingerprint density at radius 3 is 2.29 bits per heavy atom. The van der Waals surface area contributed by atoms with Gasteiger partial charge in [-0.15, -0.1) is 0 Å². The summed E-state index contributed by atoms with van der Waals surface area (Å²) in [5.74, 6) is 0.950. The molecule has 3 aromatic rings. The van der Waals surface area contributed by atoms with Gasteiger partial charge in [0.15, 0.2) is 5.75 Å². The van der Waals surface area contributed by atoms with E-state index in [0.29, 0.717) is 37.7 Å². The van der Waals surface area contributed by atoms with Gasteiger partial charge in [-0.05, 0) is 30.5 Å². The van der Waals surface area contributed by atoms with E-state index in [1.165, 1.54) is 0 Å². The lowest BCUT2D eigenvalue weighted by molar-refractivity contribution is -0.120. The molecule has 0 radical (unpaired) electrons. The standard InChI is InChI=1S/C29H37NO5/c1-3-5-7-12-18-30-26-20-24(34-21-23-14-10-9-11-15-23)16-17-25(26)27(28(29(30)32)35-22-31)33-19-13-8-6-4-2/h9-11,14-17,20,22H,3-8,12-13,18-19,21H2,1-2H3. The van der Waals surface area contributed by atoms with Crippen LogP contribution < -0.4 is 19.8 Å². The first-order valence-electron chi connectivity index (χ1n) is 12.8. The average Bonchev–Trinajstić information content (AvgIpc) is 2.88. The zero-order valence-electron chi connectivity index (χ0n) is 21.0. The molecule has 0 amide bonds. The van der Waals surface area contributed by atoms with Crippen LogP contribution in [0.5, 0.6) is 17.2 Å². The van der Waals surface area contributed by atoms with Crippen LogP contribution in [0, 0.1) is 0 Å². The normalized spacial score (nSPS) is 10.9. The molecule has 3 rings (SSSR count). The fourth-order valence-electron chi connectivity index (χ4n) is 4.13. The molecule has 0 aliphatic carbocycles. The second-order valence-corrected chi connectivity index (χ2v) is 8.75. The highest BCUT2D eigenvalue weighted by atomic mass is 16.5. The highest BCUT2D eigenvalue weighted by Crippen LogP contribution is 2.35. The smallest absolute Gasteiger partial charge is 0.298 e. The van der Waals surface area contributed by atoms with Crippen molar-refractivity contribution in [3.63, 3.8) is 0 Å². The molecule has 0 aliphatic heterocycles. The summed E-state index contributed by atoms with van der Waals surface area (Å²) in [6, 6.07) is 15.6. The highest BCUT2D eigenvalue weighted by Gasteiger charge is 2.20. The number of nitrogens with zero attached hydrogens (tertiary/aromatic N) is 1. The van der Waals surface area contributed by atoms with Crippen LogP contribution in [0.3, 0.4) is 0 Å². The molecular weight excluding hydrogens is 442 g/mol. The minimum atomic E-state index is -0.357. The van der Waals surface area contributed by atoms with Crippen LogP contribution in [0.2, 0.25) is 0 Å². The van der Waals surface area contributed by atoms with Crippen LogP contribution in [-0.4, -0.2) is 17.6 Å². The number of hydrogen-bond donors (Lipinski definition) is 0. The van der Waals surface area contributed by atoms with Crippen LogP contribution >= 0.6 is 0 Å². The molecule has 0 saturated carbocycles. The third-order valence-electron chi connectivity index (χ3n) is 6.04. The molecule has 6 nitrogen and oxygen atoms in total. The highest BCUT2D eigenvalue weighted by molar-refractivity contribution is 5.89. The number of aryl methyl sites for hydroxylation is 1. The van der Waals surface area contributed by atoms with Crippen molar-refractivity contribution in [3.8, 4) is 17.2 Å². The molecule has 2 aromatic carbocycles. The van der Waals surface area contributed by atoms with Crippen molar-refractivity contribution in [2.24, 2.45) is 0 Å². The lowest BCUT2D eigenvalue weighted by Crippen LogP contribution is -2.24. The van der Waals surface area contributed by atoms with Crippen molar-refractivity contribution in [1.82, 2.24) is 4.57 Å². The van der Waals surface area contributed by atoms with Crippen molar-refractivity contribution in [2.75, 3.05) is 6.61 Å². The number of fused-ring (bicyclic) bond motifs is 1. The van der Waals surface area contributed by atoms with Crippen LogP contribution in [0.25, 0.3) is 10.9 Å². The van der Waals surface area contributed by atoms with Gasteiger partial charge in [-0.2, -0.15) is 0 Å². The zero-order valence-corrected chi connectivity index (χ0v) is 21.0. The summed E-state index contributed by atoms with van der Waals surface area (Å²) < 4.78 is 19.0. The molecule has 0 unspecified atom stereocenters. The predicted molar refractivity (Wildman–Crippen MR) is 139 cm³/mol. The van der Waals surface area contributed by atoms with E-state index in [2.05, 4.69) is 13.8 Å². The van der Waals surface area contributed by atoms with Gasteiger partial charge in [0.25, 0.3) is 12.0 Å². The molecule has 188 valence electrons. The fraction of sp³-hybridized carbons (Fsp3) is 0.448. The number of rotatable bonds is 16. The third kappa shape index (κ3) is 7.35. The molecule has 0 N–H and O–H groups in total. The monoisotopic (exact) mass is 479 g/mol. The topological polar surface area (TPSA) is 66.8 Å². The molecular formula is C29H37NO5. The second kappa shape index (κ2) is 14.2. The molecule has 0 saturated heterocycles. The molecule has 1 aromatic heterocycles. The molecule has 0 bridgehead atoms. The molecule has 0 aliphatic rings. The average molecular weight is 480 g/mol. The van der Waals surface area contributed by atoms with E-state index in [4.69, 9.17) is 14.2 Å². The van der Waals surface area contributed by atoms with E-state index >= 15 is 0 Å². The molecule has 0 spiro atoms. The Morgan fingerprint density at radius 1 is 0.829 bits per heavy atom. The largest absolute Gasteiger partial charge is 0.489 e.